The van der Waals surface area contributed by atoms with Crippen LogP contribution in [0.1, 0.15) is 43.2 Å². The lowest BCUT2D eigenvalue weighted by Gasteiger charge is -2.22. The Kier molecular flexibility index (Phi) is 5.02. The molecule has 0 fully saturated rings. The van der Waals surface area contributed by atoms with Crippen molar-refractivity contribution in [3.63, 3.8) is 0 Å². The standard InChI is InChI=1S/C23H27N3O2/c1-15-12-17(21(27)19(13-15)23(3,4)5)14-24-20-16(2)25(6)26(22(20)28)18-10-8-7-9-11-18/h7-14,27H,1-6H3. The number of para-hydroxylation sites is 1. The second kappa shape index (κ2) is 7.15. The third-order valence-electron chi connectivity index (χ3n) is 4.95. The van der Waals surface area contributed by atoms with Crippen LogP contribution in [0, 0.1) is 13.8 Å². The van der Waals surface area contributed by atoms with Crippen molar-refractivity contribution in [2.24, 2.45) is 12.0 Å². The van der Waals surface area contributed by atoms with Crippen LogP contribution in [-0.2, 0) is 12.5 Å². The minimum absolute atomic E-state index is 0.189. The molecule has 5 heteroatoms. The van der Waals surface area contributed by atoms with Crippen molar-refractivity contribution < 1.29 is 5.11 Å². The van der Waals surface area contributed by atoms with Crippen LogP contribution in [0.2, 0.25) is 0 Å². The highest BCUT2D eigenvalue weighted by Gasteiger charge is 2.21. The topological polar surface area (TPSA) is 59.5 Å². The second-order valence-electron chi connectivity index (χ2n) is 8.17. The first-order valence-electron chi connectivity index (χ1n) is 9.33. The molecule has 0 radical (unpaired) electrons. The number of phenolic OH excluding ortho intramolecular Hbond substituents is 1. The first-order chi connectivity index (χ1) is 13.1. The monoisotopic (exact) mass is 377 g/mol. The second-order valence-corrected chi connectivity index (χ2v) is 8.17. The van der Waals surface area contributed by atoms with Gasteiger partial charge in [-0.1, -0.05) is 45.0 Å². The summed E-state index contributed by atoms with van der Waals surface area (Å²) in [6.45, 7) is 10.0. The zero-order chi connectivity index (χ0) is 20.6. The first kappa shape index (κ1) is 19.7. The Morgan fingerprint density at radius 2 is 1.71 bits per heavy atom. The number of hydrogen-bond donors (Lipinski definition) is 1. The van der Waals surface area contributed by atoms with Gasteiger partial charge in [-0.25, -0.2) is 9.67 Å². The SMILES string of the molecule is Cc1cc(C=Nc2c(C)n(C)n(-c3ccccc3)c2=O)c(O)c(C(C)(C)C)c1. The van der Waals surface area contributed by atoms with Gasteiger partial charge in [-0.15, -0.1) is 0 Å². The van der Waals surface area contributed by atoms with Crippen LogP contribution in [0.5, 0.6) is 5.75 Å². The van der Waals surface area contributed by atoms with Crippen molar-refractivity contribution in [3.05, 3.63) is 75.2 Å². The van der Waals surface area contributed by atoms with Crippen molar-refractivity contribution in [2.45, 2.75) is 40.0 Å². The molecule has 1 heterocycles. The van der Waals surface area contributed by atoms with E-state index in [-0.39, 0.29) is 16.7 Å². The number of aromatic nitrogens is 2. The number of aromatic hydroxyl groups is 1. The molecular formula is C23H27N3O2. The molecule has 3 aromatic rings. The summed E-state index contributed by atoms with van der Waals surface area (Å²) in [4.78, 5) is 17.4. The van der Waals surface area contributed by atoms with Gasteiger partial charge in [0.1, 0.15) is 5.75 Å². The van der Waals surface area contributed by atoms with E-state index in [0.717, 1.165) is 22.5 Å². The van der Waals surface area contributed by atoms with E-state index >= 15 is 0 Å². The van der Waals surface area contributed by atoms with Gasteiger partial charge >= 0.3 is 0 Å². The van der Waals surface area contributed by atoms with Gasteiger partial charge in [0.2, 0.25) is 0 Å². The number of benzene rings is 2. The van der Waals surface area contributed by atoms with Gasteiger partial charge in [0.05, 0.1) is 11.4 Å². The highest BCUT2D eigenvalue weighted by atomic mass is 16.3. The fraction of sp³-hybridized carbons (Fsp3) is 0.304. The van der Waals surface area contributed by atoms with Gasteiger partial charge in [-0.05, 0) is 43.0 Å². The Balaban J connectivity index is 2.10. The normalized spacial score (nSPS) is 12.1. The number of aryl methyl sites for hydroxylation is 1. The minimum atomic E-state index is -0.193. The summed E-state index contributed by atoms with van der Waals surface area (Å²) >= 11 is 0. The van der Waals surface area contributed by atoms with Crippen LogP contribution in [-0.4, -0.2) is 20.7 Å². The van der Waals surface area contributed by atoms with Crippen LogP contribution >= 0.6 is 0 Å². The van der Waals surface area contributed by atoms with Crippen LogP contribution < -0.4 is 5.56 Å². The molecule has 28 heavy (non-hydrogen) atoms. The summed E-state index contributed by atoms with van der Waals surface area (Å²) in [5.41, 5.74) is 4.04. The van der Waals surface area contributed by atoms with Gasteiger partial charge in [-0.2, -0.15) is 0 Å². The van der Waals surface area contributed by atoms with Crippen molar-refractivity contribution in [1.82, 2.24) is 9.36 Å². The van der Waals surface area contributed by atoms with E-state index in [4.69, 9.17) is 0 Å². The van der Waals surface area contributed by atoms with E-state index < -0.39 is 0 Å². The van der Waals surface area contributed by atoms with Gasteiger partial charge < -0.3 is 5.11 Å². The van der Waals surface area contributed by atoms with Gasteiger partial charge in [0.25, 0.3) is 5.56 Å². The maximum atomic E-state index is 13.0. The van der Waals surface area contributed by atoms with E-state index in [9.17, 15) is 9.90 Å². The maximum Gasteiger partial charge on any atom is 0.297 e. The van der Waals surface area contributed by atoms with E-state index in [0.29, 0.717) is 11.3 Å². The highest BCUT2D eigenvalue weighted by molar-refractivity contribution is 5.86. The van der Waals surface area contributed by atoms with Crippen LogP contribution in [0.4, 0.5) is 5.69 Å². The molecular weight excluding hydrogens is 350 g/mol. The lowest BCUT2D eigenvalue weighted by Crippen LogP contribution is -2.19. The average Bonchev–Trinajstić information content (AvgIpc) is 2.84. The molecule has 0 aliphatic heterocycles. The molecule has 146 valence electrons. The molecule has 0 saturated carbocycles. The molecule has 0 atom stereocenters. The Labute approximate surface area is 165 Å². The predicted molar refractivity (Wildman–Crippen MR) is 115 cm³/mol. The lowest BCUT2D eigenvalue weighted by molar-refractivity contribution is 0.445. The van der Waals surface area contributed by atoms with Gasteiger partial charge in [-0.3, -0.25) is 9.48 Å². The fourth-order valence-corrected chi connectivity index (χ4v) is 3.31. The van der Waals surface area contributed by atoms with Gasteiger partial charge in [0.15, 0.2) is 5.69 Å². The summed E-state index contributed by atoms with van der Waals surface area (Å²) in [7, 11) is 1.84. The van der Waals surface area contributed by atoms with Crippen molar-refractivity contribution in [1.29, 1.82) is 0 Å². The Bertz CT molecular complexity index is 1100. The first-order valence-corrected chi connectivity index (χ1v) is 9.33. The molecule has 2 aromatic carbocycles. The molecule has 1 aromatic heterocycles. The molecule has 3 rings (SSSR count). The van der Waals surface area contributed by atoms with Crippen LogP contribution in [0.3, 0.4) is 0 Å². The maximum absolute atomic E-state index is 13.0. The molecule has 0 saturated heterocycles. The molecule has 0 aliphatic rings. The van der Waals surface area contributed by atoms with Crippen molar-refractivity contribution >= 4 is 11.9 Å². The van der Waals surface area contributed by atoms with E-state index in [1.165, 1.54) is 0 Å². The summed E-state index contributed by atoms with van der Waals surface area (Å²) in [5.74, 6) is 0.207. The number of nitrogens with zero attached hydrogens (tertiary/aromatic N) is 3. The molecule has 0 spiro atoms. The Morgan fingerprint density at radius 1 is 1.07 bits per heavy atom. The molecule has 0 bridgehead atoms. The summed E-state index contributed by atoms with van der Waals surface area (Å²) in [6.07, 6.45) is 1.58. The summed E-state index contributed by atoms with van der Waals surface area (Å²) in [5, 5.41) is 10.7. The molecule has 0 aliphatic carbocycles. The van der Waals surface area contributed by atoms with Crippen molar-refractivity contribution in [3.8, 4) is 11.4 Å². The van der Waals surface area contributed by atoms with Crippen LogP contribution in [0.15, 0.2) is 52.3 Å². The molecule has 0 amide bonds. The molecule has 1 N–H and O–H groups in total. The predicted octanol–water partition coefficient (Wildman–Crippen LogP) is 4.55. The third kappa shape index (κ3) is 3.52. The number of aliphatic imine (C=N–C) groups is 1. The largest absolute Gasteiger partial charge is 0.507 e. The fourth-order valence-electron chi connectivity index (χ4n) is 3.31. The van der Waals surface area contributed by atoms with Gasteiger partial charge in [0, 0.05) is 24.4 Å². The smallest absolute Gasteiger partial charge is 0.297 e. The zero-order valence-corrected chi connectivity index (χ0v) is 17.3. The van der Waals surface area contributed by atoms with Crippen molar-refractivity contribution in [2.75, 3.05) is 0 Å². The number of rotatable bonds is 3. The minimum Gasteiger partial charge on any atom is -0.507 e. The Hall–Kier alpha value is -3.08. The number of hydrogen-bond acceptors (Lipinski definition) is 3. The third-order valence-corrected chi connectivity index (χ3v) is 4.95. The van der Waals surface area contributed by atoms with Crippen LogP contribution in [0.25, 0.3) is 5.69 Å². The number of phenols is 1. The Morgan fingerprint density at radius 3 is 2.32 bits per heavy atom. The molecule has 5 nitrogen and oxygen atoms in total. The summed E-state index contributed by atoms with van der Waals surface area (Å²) in [6, 6.07) is 13.3. The molecule has 0 unspecified atom stereocenters. The van der Waals surface area contributed by atoms with E-state index in [1.54, 1.807) is 15.6 Å². The quantitative estimate of drug-likeness (QED) is 0.681. The highest BCUT2D eigenvalue weighted by Crippen LogP contribution is 2.34. The average molecular weight is 377 g/mol. The van der Waals surface area contributed by atoms with E-state index in [1.807, 2.05) is 63.4 Å². The summed E-state index contributed by atoms with van der Waals surface area (Å²) < 4.78 is 3.39. The zero-order valence-electron chi connectivity index (χ0n) is 17.3. The van der Waals surface area contributed by atoms with E-state index in [2.05, 4.69) is 25.8 Å². The lowest BCUT2D eigenvalue weighted by atomic mass is 9.84.